The van der Waals surface area contributed by atoms with Gasteiger partial charge in [0.25, 0.3) is 0 Å². The van der Waals surface area contributed by atoms with Gasteiger partial charge in [0, 0.05) is 18.8 Å². The Kier molecular flexibility index (Phi) is 4.23. The predicted octanol–water partition coefficient (Wildman–Crippen LogP) is 3.37. The maximum atomic E-state index is 5.39. The topological polar surface area (TPSA) is 28.3 Å². The van der Waals surface area contributed by atoms with Crippen LogP contribution in [0.5, 0.6) is 0 Å². The lowest BCUT2D eigenvalue weighted by Gasteiger charge is -2.29. The predicted molar refractivity (Wildman–Crippen MR) is 86.1 cm³/mol. The van der Waals surface area contributed by atoms with Crippen LogP contribution in [-0.4, -0.2) is 38.5 Å². The highest BCUT2D eigenvalue weighted by molar-refractivity contribution is 5.49. The van der Waals surface area contributed by atoms with E-state index in [1.54, 1.807) is 0 Å². The van der Waals surface area contributed by atoms with Crippen LogP contribution in [0.1, 0.15) is 39.2 Å². The van der Waals surface area contributed by atoms with Crippen LogP contribution in [0.3, 0.4) is 0 Å². The molecule has 0 spiro atoms. The van der Waals surface area contributed by atoms with Crippen molar-refractivity contribution < 1.29 is 9.47 Å². The summed E-state index contributed by atoms with van der Waals surface area (Å²) in [6.07, 6.45) is 3.19. The monoisotopic (exact) mass is 289 g/mol. The van der Waals surface area contributed by atoms with Gasteiger partial charge >= 0.3 is 0 Å². The molecule has 0 amide bonds. The van der Waals surface area contributed by atoms with Gasteiger partial charge in [-0.15, -0.1) is 0 Å². The fourth-order valence-corrected chi connectivity index (χ4v) is 2.86. The average molecular weight is 289 g/mol. The molecule has 1 aromatic carbocycles. The second-order valence-corrected chi connectivity index (χ2v) is 6.63. The van der Waals surface area contributed by atoms with E-state index in [-0.39, 0.29) is 0 Å². The van der Waals surface area contributed by atoms with Crippen molar-refractivity contribution in [1.29, 1.82) is 0 Å². The molecule has 0 radical (unpaired) electrons. The summed E-state index contributed by atoms with van der Waals surface area (Å²) in [5.74, 6) is 0. The van der Waals surface area contributed by atoms with Gasteiger partial charge in [0.1, 0.15) is 0 Å². The minimum atomic E-state index is 0.294. The first-order chi connectivity index (χ1) is 10.1. The van der Waals surface area contributed by atoms with E-state index in [2.05, 4.69) is 49.9 Å². The van der Waals surface area contributed by atoms with E-state index in [9.17, 15) is 0 Å². The number of rotatable bonds is 8. The van der Waals surface area contributed by atoms with Crippen molar-refractivity contribution in [2.75, 3.05) is 31.2 Å². The standard InChI is InChI=1S/C18H27NO2/c1-4-18(3,5-2)14-6-8-15(9-7-14)19(10-16-12-20-16)11-17-13-21-17/h6-9,16-17H,4-5,10-13H2,1-3H3. The van der Waals surface area contributed by atoms with E-state index in [1.165, 1.54) is 24.1 Å². The minimum absolute atomic E-state index is 0.294. The molecule has 3 heteroatoms. The van der Waals surface area contributed by atoms with E-state index in [4.69, 9.17) is 9.47 Å². The normalized spacial score (nSPS) is 24.0. The molecular weight excluding hydrogens is 262 g/mol. The van der Waals surface area contributed by atoms with Crippen LogP contribution in [0.2, 0.25) is 0 Å². The van der Waals surface area contributed by atoms with Crippen LogP contribution < -0.4 is 4.90 Å². The molecule has 2 aliphatic heterocycles. The SMILES string of the molecule is CCC(C)(CC)c1ccc(N(CC2CO2)CC2CO2)cc1. The lowest BCUT2D eigenvalue weighted by atomic mass is 9.78. The van der Waals surface area contributed by atoms with Crippen LogP contribution in [0.15, 0.2) is 24.3 Å². The Balaban J connectivity index is 1.73. The van der Waals surface area contributed by atoms with Gasteiger partial charge in [-0.2, -0.15) is 0 Å². The molecule has 0 saturated carbocycles. The van der Waals surface area contributed by atoms with Crippen molar-refractivity contribution in [3.8, 4) is 0 Å². The molecule has 1 aromatic rings. The van der Waals surface area contributed by atoms with Crippen LogP contribution in [0.4, 0.5) is 5.69 Å². The highest BCUT2D eigenvalue weighted by Crippen LogP contribution is 2.32. The summed E-state index contributed by atoms with van der Waals surface area (Å²) in [4.78, 5) is 2.41. The van der Waals surface area contributed by atoms with Gasteiger partial charge in [0.15, 0.2) is 0 Å². The van der Waals surface area contributed by atoms with E-state index in [0.717, 1.165) is 26.3 Å². The van der Waals surface area contributed by atoms with E-state index < -0.39 is 0 Å². The van der Waals surface area contributed by atoms with Gasteiger partial charge in [-0.05, 0) is 36.0 Å². The van der Waals surface area contributed by atoms with Gasteiger partial charge in [-0.3, -0.25) is 0 Å². The number of ether oxygens (including phenoxy) is 2. The van der Waals surface area contributed by atoms with Crippen molar-refractivity contribution in [2.45, 2.75) is 51.2 Å². The quantitative estimate of drug-likeness (QED) is 0.687. The smallest absolute Gasteiger partial charge is 0.0984 e. The molecule has 0 N–H and O–H groups in total. The molecule has 2 atom stereocenters. The average Bonchev–Trinajstić information content (AvgIpc) is 3.42. The van der Waals surface area contributed by atoms with Gasteiger partial charge < -0.3 is 14.4 Å². The molecule has 3 nitrogen and oxygen atoms in total. The van der Waals surface area contributed by atoms with Crippen molar-refractivity contribution in [1.82, 2.24) is 0 Å². The minimum Gasteiger partial charge on any atom is -0.371 e. The number of anilines is 1. The van der Waals surface area contributed by atoms with Gasteiger partial charge in [0.05, 0.1) is 25.4 Å². The lowest BCUT2D eigenvalue weighted by Crippen LogP contribution is -2.31. The van der Waals surface area contributed by atoms with Crippen LogP contribution in [0, 0.1) is 0 Å². The highest BCUT2D eigenvalue weighted by atomic mass is 16.6. The zero-order valence-electron chi connectivity index (χ0n) is 13.5. The van der Waals surface area contributed by atoms with Gasteiger partial charge in [-0.25, -0.2) is 0 Å². The van der Waals surface area contributed by atoms with Crippen LogP contribution in [-0.2, 0) is 14.9 Å². The van der Waals surface area contributed by atoms with Gasteiger partial charge in [0.2, 0.25) is 0 Å². The van der Waals surface area contributed by atoms with E-state index >= 15 is 0 Å². The second-order valence-electron chi connectivity index (χ2n) is 6.63. The van der Waals surface area contributed by atoms with E-state index in [1.807, 2.05) is 0 Å². The third kappa shape index (κ3) is 3.58. The van der Waals surface area contributed by atoms with Crippen LogP contribution >= 0.6 is 0 Å². The third-order valence-electron chi connectivity index (χ3n) is 5.14. The van der Waals surface area contributed by atoms with Gasteiger partial charge in [-0.1, -0.05) is 32.9 Å². The molecule has 2 unspecified atom stereocenters. The van der Waals surface area contributed by atoms with Crippen molar-refractivity contribution in [3.63, 3.8) is 0 Å². The number of benzene rings is 1. The number of hydrogen-bond donors (Lipinski definition) is 0. The summed E-state index contributed by atoms with van der Waals surface area (Å²) < 4.78 is 10.8. The molecular formula is C18H27NO2. The molecule has 0 bridgehead atoms. The number of nitrogens with zero attached hydrogens (tertiary/aromatic N) is 1. The molecule has 0 aliphatic carbocycles. The highest BCUT2D eigenvalue weighted by Gasteiger charge is 2.31. The fraction of sp³-hybridized carbons (Fsp3) is 0.667. The maximum Gasteiger partial charge on any atom is 0.0984 e. The summed E-state index contributed by atoms with van der Waals surface area (Å²) >= 11 is 0. The van der Waals surface area contributed by atoms with Crippen molar-refractivity contribution in [2.24, 2.45) is 0 Å². The number of epoxide rings is 2. The first-order valence-corrected chi connectivity index (χ1v) is 8.23. The molecule has 2 fully saturated rings. The zero-order valence-corrected chi connectivity index (χ0v) is 13.5. The summed E-state index contributed by atoms with van der Waals surface area (Å²) in [6, 6.07) is 9.14. The Morgan fingerprint density at radius 3 is 1.86 bits per heavy atom. The molecule has 3 rings (SSSR count). The molecule has 0 aromatic heterocycles. The Morgan fingerprint density at radius 1 is 1.00 bits per heavy atom. The summed E-state index contributed by atoms with van der Waals surface area (Å²) in [5, 5.41) is 0. The Morgan fingerprint density at radius 2 is 1.48 bits per heavy atom. The first-order valence-electron chi connectivity index (χ1n) is 8.23. The van der Waals surface area contributed by atoms with Crippen molar-refractivity contribution in [3.05, 3.63) is 29.8 Å². The molecule has 21 heavy (non-hydrogen) atoms. The molecule has 2 heterocycles. The Labute approximate surface area is 128 Å². The lowest BCUT2D eigenvalue weighted by molar-refractivity contribution is 0.389. The second kappa shape index (κ2) is 5.98. The Hall–Kier alpha value is -1.06. The largest absolute Gasteiger partial charge is 0.371 e. The van der Waals surface area contributed by atoms with Crippen molar-refractivity contribution >= 4 is 5.69 Å². The fourth-order valence-electron chi connectivity index (χ4n) is 2.86. The number of hydrogen-bond acceptors (Lipinski definition) is 3. The molecule has 2 saturated heterocycles. The maximum absolute atomic E-state index is 5.39. The molecule has 2 aliphatic rings. The summed E-state index contributed by atoms with van der Waals surface area (Å²) in [6.45, 7) is 10.7. The third-order valence-corrected chi connectivity index (χ3v) is 5.14. The zero-order chi connectivity index (χ0) is 14.9. The van der Waals surface area contributed by atoms with Crippen LogP contribution in [0.25, 0.3) is 0 Å². The first kappa shape index (κ1) is 14.9. The summed E-state index contributed by atoms with van der Waals surface area (Å²) in [5.41, 5.74) is 3.03. The molecule has 116 valence electrons. The summed E-state index contributed by atoms with van der Waals surface area (Å²) in [7, 11) is 0. The Bertz CT molecular complexity index is 445. The van der Waals surface area contributed by atoms with E-state index in [0.29, 0.717) is 17.6 Å².